The van der Waals surface area contributed by atoms with Gasteiger partial charge in [0.25, 0.3) is 5.56 Å². The second-order valence-corrected chi connectivity index (χ2v) is 8.56. The third-order valence-electron chi connectivity index (χ3n) is 4.59. The number of anilines is 1. The fourth-order valence-electron chi connectivity index (χ4n) is 2.96. The summed E-state index contributed by atoms with van der Waals surface area (Å²) in [5.41, 5.74) is 0.376. The number of rotatable bonds is 6. The fraction of sp³-hybridized carbons (Fsp3) is 0.0952. The van der Waals surface area contributed by atoms with Crippen molar-refractivity contribution in [2.45, 2.75) is 6.54 Å². The van der Waals surface area contributed by atoms with E-state index in [1.165, 1.54) is 18.4 Å². The van der Waals surface area contributed by atoms with Crippen LogP contribution in [0.5, 0.6) is 5.75 Å². The number of nitrogens with one attached hydrogen (secondary N) is 2. The zero-order valence-electron chi connectivity index (χ0n) is 17.1. The second-order valence-electron chi connectivity index (χ2n) is 6.78. The third kappa shape index (κ3) is 4.61. The van der Waals surface area contributed by atoms with Crippen LogP contribution in [0.25, 0.3) is 21.3 Å². The molecule has 33 heavy (non-hydrogen) atoms. The topological polar surface area (TPSA) is 146 Å². The lowest BCUT2D eigenvalue weighted by atomic mass is 10.2. The van der Waals surface area contributed by atoms with Gasteiger partial charge in [0, 0.05) is 18.0 Å². The number of hydrogen-bond donors (Lipinski definition) is 4. The molecule has 0 aliphatic rings. The van der Waals surface area contributed by atoms with Crippen LogP contribution in [0.2, 0.25) is 0 Å². The fourth-order valence-corrected chi connectivity index (χ4v) is 4.66. The van der Waals surface area contributed by atoms with E-state index in [4.69, 9.17) is 0 Å². The van der Waals surface area contributed by atoms with Crippen molar-refractivity contribution >= 4 is 40.4 Å². The molecule has 2 amide bonds. The number of aromatic hydroxyl groups is 1. The van der Waals surface area contributed by atoms with Gasteiger partial charge in [0.1, 0.15) is 5.01 Å². The number of thiophene rings is 1. The van der Waals surface area contributed by atoms with Crippen molar-refractivity contribution in [1.29, 1.82) is 0 Å². The summed E-state index contributed by atoms with van der Waals surface area (Å²) >= 11 is 2.64. The molecule has 0 saturated heterocycles. The van der Waals surface area contributed by atoms with Crippen molar-refractivity contribution in [3.05, 3.63) is 68.9 Å². The van der Waals surface area contributed by atoms with Gasteiger partial charge in [-0.05, 0) is 11.4 Å². The number of carbonyl (C=O) groups excluding carboxylic acids is 1. The van der Waals surface area contributed by atoms with Gasteiger partial charge in [0.05, 0.1) is 22.8 Å². The summed E-state index contributed by atoms with van der Waals surface area (Å²) in [4.78, 5) is 44.8. The minimum Gasteiger partial charge on any atom is -0.501 e. The number of thiazole rings is 1. The number of amides is 2. The molecule has 168 valence electrons. The quantitative estimate of drug-likeness (QED) is 0.329. The Morgan fingerprint density at radius 3 is 2.61 bits per heavy atom. The van der Waals surface area contributed by atoms with Crippen molar-refractivity contribution in [3.8, 4) is 27.0 Å². The summed E-state index contributed by atoms with van der Waals surface area (Å²) in [6.45, 7) is 0.202. The number of benzene rings is 1. The molecule has 4 aromatic rings. The third-order valence-corrected chi connectivity index (χ3v) is 6.44. The van der Waals surface area contributed by atoms with Gasteiger partial charge in [-0.1, -0.05) is 30.3 Å². The molecule has 10 nitrogen and oxygen atoms in total. The van der Waals surface area contributed by atoms with Crippen LogP contribution in [0.15, 0.2) is 52.0 Å². The molecule has 0 atom stereocenters. The zero-order chi connectivity index (χ0) is 23.5. The van der Waals surface area contributed by atoms with Crippen LogP contribution >= 0.6 is 22.7 Å². The van der Waals surface area contributed by atoms with E-state index in [9.17, 15) is 24.6 Å². The standard InChI is InChI=1S/C21H17N5O5S2/c1-26-17(25-14(20(29)30)15(27)19(26)28)16-13(7-8-32-16)24-21(31)22-9-12-10-33-18(23-12)11-5-3-2-4-6-11/h2-8,10,27H,9H2,1H3,(H,29,30)(H2,22,24,31). The Bertz CT molecular complexity index is 1390. The van der Waals surface area contributed by atoms with Crippen LogP contribution < -0.4 is 16.2 Å². The highest BCUT2D eigenvalue weighted by Crippen LogP contribution is 2.32. The van der Waals surface area contributed by atoms with E-state index in [1.807, 2.05) is 35.7 Å². The van der Waals surface area contributed by atoms with E-state index in [0.29, 0.717) is 16.3 Å². The maximum absolute atomic E-state index is 12.5. The molecular formula is C21H17N5O5S2. The molecule has 0 spiro atoms. The Morgan fingerprint density at radius 2 is 1.88 bits per heavy atom. The summed E-state index contributed by atoms with van der Waals surface area (Å²) < 4.78 is 1.02. The highest BCUT2D eigenvalue weighted by molar-refractivity contribution is 7.14. The molecular weight excluding hydrogens is 466 g/mol. The Hall–Kier alpha value is -4.03. The number of carbonyl (C=O) groups is 2. The Morgan fingerprint density at radius 1 is 1.12 bits per heavy atom. The summed E-state index contributed by atoms with van der Waals surface area (Å²) in [7, 11) is 1.35. The largest absolute Gasteiger partial charge is 0.501 e. The average Bonchev–Trinajstić information content (AvgIpc) is 3.46. The first kappa shape index (κ1) is 22.2. The summed E-state index contributed by atoms with van der Waals surface area (Å²) in [6.07, 6.45) is 0. The Balaban J connectivity index is 1.49. The van der Waals surface area contributed by atoms with Crippen molar-refractivity contribution in [2.24, 2.45) is 7.05 Å². The van der Waals surface area contributed by atoms with E-state index in [-0.39, 0.29) is 12.4 Å². The monoisotopic (exact) mass is 483 g/mol. The molecule has 0 unspecified atom stereocenters. The van der Waals surface area contributed by atoms with Gasteiger partial charge >= 0.3 is 12.0 Å². The first-order valence-electron chi connectivity index (χ1n) is 9.51. The molecule has 3 heterocycles. The van der Waals surface area contributed by atoms with Crippen molar-refractivity contribution in [1.82, 2.24) is 19.9 Å². The van der Waals surface area contributed by atoms with Crippen LogP contribution in [0.3, 0.4) is 0 Å². The molecule has 12 heteroatoms. The number of urea groups is 1. The molecule has 3 aromatic heterocycles. The zero-order valence-corrected chi connectivity index (χ0v) is 18.7. The number of hydrogen-bond acceptors (Lipinski definition) is 8. The SMILES string of the molecule is Cn1c(-c2sccc2NC(=O)NCc2csc(-c3ccccc3)n2)nc(C(=O)O)c(O)c1=O. The minimum atomic E-state index is -1.53. The molecule has 1 aromatic carbocycles. The molecule has 0 radical (unpaired) electrons. The normalized spacial score (nSPS) is 10.7. The van der Waals surface area contributed by atoms with E-state index in [1.54, 1.807) is 11.4 Å². The molecule has 4 rings (SSSR count). The van der Waals surface area contributed by atoms with Gasteiger partial charge in [-0.3, -0.25) is 9.36 Å². The number of aromatic nitrogens is 3. The van der Waals surface area contributed by atoms with Gasteiger partial charge < -0.3 is 20.8 Å². The predicted molar refractivity (Wildman–Crippen MR) is 125 cm³/mol. The van der Waals surface area contributed by atoms with Crippen LogP contribution in [-0.4, -0.2) is 36.7 Å². The van der Waals surface area contributed by atoms with Gasteiger partial charge in [-0.2, -0.15) is 0 Å². The smallest absolute Gasteiger partial charge is 0.358 e. The summed E-state index contributed by atoms with van der Waals surface area (Å²) in [5.74, 6) is -2.48. The van der Waals surface area contributed by atoms with Crippen molar-refractivity contribution in [2.75, 3.05) is 5.32 Å². The predicted octanol–water partition coefficient (Wildman–Crippen LogP) is 3.36. The lowest BCUT2D eigenvalue weighted by Gasteiger charge is -2.11. The lowest BCUT2D eigenvalue weighted by Crippen LogP contribution is -2.28. The Labute approximate surface area is 194 Å². The molecule has 0 bridgehead atoms. The lowest BCUT2D eigenvalue weighted by molar-refractivity contribution is 0.0686. The second kappa shape index (κ2) is 9.22. The first-order valence-corrected chi connectivity index (χ1v) is 11.3. The van der Waals surface area contributed by atoms with Gasteiger partial charge in [-0.15, -0.1) is 22.7 Å². The summed E-state index contributed by atoms with van der Waals surface area (Å²) in [6, 6.07) is 10.8. The summed E-state index contributed by atoms with van der Waals surface area (Å²) in [5, 5.41) is 28.8. The molecule has 4 N–H and O–H groups in total. The maximum atomic E-state index is 12.5. The number of carboxylic acid groups (broad SMARTS) is 1. The molecule has 0 saturated carbocycles. The molecule has 0 fully saturated rings. The minimum absolute atomic E-state index is 0.00695. The molecule has 0 aliphatic carbocycles. The average molecular weight is 484 g/mol. The van der Waals surface area contributed by atoms with Crippen LogP contribution in [-0.2, 0) is 13.6 Å². The van der Waals surface area contributed by atoms with E-state index in [0.717, 1.165) is 26.5 Å². The van der Waals surface area contributed by atoms with Crippen molar-refractivity contribution in [3.63, 3.8) is 0 Å². The van der Waals surface area contributed by atoms with E-state index >= 15 is 0 Å². The number of carboxylic acids is 1. The van der Waals surface area contributed by atoms with Gasteiger partial charge in [-0.25, -0.2) is 19.6 Å². The number of aromatic carboxylic acids is 1. The highest BCUT2D eigenvalue weighted by atomic mass is 32.1. The Kier molecular flexibility index (Phi) is 6.20. The molecule has 0 aliphatic heterocycles. The highest BCUT2D eigenvalue weighted by Gasteiger charge is 2.22. The number of nitrogens with zero attached hydrogens (tertiary/aromatic N) is 3. The maximum Gasteiger partial charge on any atom is 0.358 e. The van der Waals surface area contributed by atoms with Crippen LogP contribution in [0.4, 0.5) is 10.5 Å². The van der Waals surface area contributed by atoms with Gasteiger partial charge in [0.15, 0.2) is 11.5 Å². The van der Waals surface area contributed by atoms with Crippen molar-refractivity contribution < 1.29 is 19.8 Å². The van der Waals surface area contributed by atoms with E-state index in [2.05, 4.69) is 20.6 Å². The van der Waals surface area contributed by atoms with Gasteiger partial charge in [0.2, 0.25) is 5.75 Å². The van der Waals surface area contributed by atoms with Crippen LogP contribution in [0.1, 0.15) is 16.2 Å². The van der Waals surface area contributed by atoms with E-state index < -0.39 is 29.0 Å². The van der Waals surface area contributed by atoms with Crippen LogP contribution in [0, 0.1) is 0 Å². The first-order chi connectivity index (χ1) is 15.8.